The maximum atomic E-state index is 12.7. The molecule has 1 aromatic carbocycles. The van der Waals surface area contributed by atoms with Gasteiger partial charge in [0.15, 0.2) is 0 Å². The summed E-state index contributed by atoms with van der Waals surface area (Å²) in [5.41, 5.74) is 4.44. The number of benzene rings is 1. The molecule has 0 saturated carbocycles. The number of thiophene rings is 1. The highest BCUT2D eigenvalue weighted by atomic mass is 32.2. The maximum Gasteiger partial charge on any atom is 0.271 e. The summed E-state index contributed by atoms with van der Waals surface area (Å²) in [6.07, 6.45) is 0. The Hall–Kier alpha value is -1.70. The molecule has 138 valence electrons. The Kier molecular flexibility index (Phi) is 4.98. The summed E-state index contributed by atoms with van der Waals surface area (Å²) in [4.78, 5) is 4.66. The molecule has 0 spiro atoms. The lowest BCUT2D eigenvalue weighted by molar-refractivity contribution is 0.573. The molecule has 1 N–H and O–H groups in total. The van der Waals surface area contributed by atoms with E-state index in [1.165, 1.54) is 11.3 Å². The lowest BCUT2D eigenvalue weighted by Gasteiger charge is -2.14. The fourth-order valence-corrected chi connectivity index (χ4v) is 5.85. The normalized spacial score (nSPS) is 12.3. The fraction of sp³-hybridized carbons (Fsp3) is 0.316. The minimum Gasteiger partial charge on any atom is -0.279 e. The molecule has 0 atom stereocenters. The number of nitrogens with one attached hydrogen (secondary N) is 1. The van der Waals surface area contributed by atoms with Gasteiger partial charge in [0.2, 0.25) is 0 Å². The predicted molar refractivity (Wildman–Crippen MR) is 111 cm³/mol. The molecule has 3 aromatic rings. The average molecular weight is 407 g/mol. The molecule has 7 heteroatoms. The van der Waals surface area contributed by atoms with Gasteiger partial charge >= 0.3 is 0 Å². The van der Waals surface area contributed by atoms with Crippen LogP contribution in [0.25, 0.3) is 10.6 Å². The second-order valence-corrected chi connectivity index (χ2v) is 11.0. The zero-order valence-corrected chi connectivity index (χ0v) is 17.9. The molecule has 0 radical (unpaired) electrons. The van der Waals surface area contributed by atoms with Crippen LogP contribution in [-0.2, 0) is 15.4 Å². The van der Waals surface area contributed by atoms with Crippen LogP contribution in [0, 0.1) is 13.8 Å². The average Bonchev–Trinajstić information content (AvgIpc) is 3.17. The van der Waals surface area contributed by atoms with E-state index in [0.717, 1.165) is 27.4 Å². The molecule has 0 aliphatic rings. The zero-order valence-electron chi connectivity index (χ0n) is 15.5. The molecule has 0 aliphatic heterocycles. The van der Waals surface area contributed by atoms with Gasteiger partial charge in [-0.2, -0.15) is 0 Å². The smallest absolute Gasteiger partial charge is 0.271 e. The molecule has 2 heterocycles. The van der Waals surface area contributed by atoms with Crippen LogP contribution in [0.1, 0.15) is 37.6 Å². The molecule has 0 aliphatic carbocycles. The maximum absolute atomic E-state index is 12.7. The first-order valence-corrected chi connectivity index (χ1v) is 11.5. The van der Waals surface area contributed by atoms with Crippen LogP contribution in [0.5, 0.6) is 0 Å². The van der Waals surface area contributed by atoms with Crippen molar-refractivity contribution in [2.75, 3.05) is 4.72 Å². The molecule has 0 saturated heterocycles. The van der Waals surface area contributed by atoms with Crippen LogP contribution in [0.15, 0.2) is 39.2 Å². The van der Waals surface area contributed by atoms with Gasteiger partial charge < -0.3 is 0 Å². The largest absolute Gasteiger partial charge is 0.279 e. The highest BCUT2D eigenvalue weighted by Gasteiger charge is 2.21. The zero-order chi connectivity index (χ0) is 19.1. The number of hydrogen-bond donors (Lipinski definition) is 1. The number of sulfonamides is 1. The Balaban J connectivity index is 1.87. The molecule has 0 fully saturated rings. The van der Waals surface area contributed by atoms with Gasteiger partial charge in [0.25, 0.3) is 10.0 Å². The number of nitrogens with zero attached hydrogens (tertiary/aromatic N) is 1. The first kappa shape index (κ1) is 19.1. The first-order valence-electron chi connectivity index (χ1n) is 8.21. The topological polar surface area (TPSA) is 59.1 Å². The second kappa shape index (κ2) is 6.79. The lowest BCUT2D eigenvalue weighted by Crippen LogP contribution is -2.12. The van der Waals surface area contributed by atoms with Crippen molar-refractivity contribution in [2.45, 2.75) is 44.2 Å². The minimum absolute atomic E-state index is 0.0236. The summed E-state index contributed by atoms with van der Waals surface area (Å²) in [5.74, 6) is 0. The summed E-state index contributed by atoms with van der Waals surface area (Å²) in [7, 11) is -3.61. The van der Waals surface area contributed by atoms with E-state index in [0.29, 0.717) is 9.90 Å². The van der Waals surface area contributed by atoms with E-state index in [9.17, 15) is 8.42 Å². The minimum atomic E-state index is -3.61. The summed E-state index contributed by atoms with van der Waals surface area (Å²) >= 11 is 2.75. The van der Waals surface area contributed by atoms with Crippen LogP contribution in [0.4, 0.5) is 5.69 Å². The van der Waals surface area contributed by atoms with Gasteiger partial charge in [0.1, 0.15) is 9.22 Å². The van der Waals surface area contributed by atoms with Gasteiger partial charge in [-0.25, -0.2) is 13.4 Å². The van der Waals surface area contributed by atoms with Crippen LogP contribution in [-0.4, -0.2) is 13.4 Å². The van der Waals surface area contributed by atoms with Crippen LogP contribution < -0.4 is 4.72 Å². The Labute approximate surface area is 163 Å². The number of aryl methyl sites for hydroxylation is 2. The van der Waals surface area contributed by atoms with E-state index in [1.807, 2.05) is 36.7 Å². The fourth-order valence-electron chi connectivity index (χ4n) is 2.44. The number of anilines is 1. The van der Waals surface area contributed by atoms with E-state index in [2.05, 4.69) is 30.5 Å². The Morgan fingerprint density at radius 3 is 2.38 bits per heavy atom. The lowest BCUT2D eigenvalue weighted by atomic mass is 9.93. The van der Waals surface area contributed by atoms with E-state index in [1.54, 1.807) is 23.5 Å². The van der Waals surface area contributed by atoms with E-state index in [4.69, 9.17) is 0 Å². The van der Waals surface area contributed by atoms with E-state index in [-0.39, 0.29) is 5.41 Å². The van der Waals surface area contributed by atoms with Crippen LogP contribution in [0.3, 0.4) is 0 Å². The van der Waals surface area contributed by atoms with Crippen LogP contribution >= 0.6 is 22.7 Å². The van der Waals surface area contributed by atoms with Crippen LogP contribution in [0.2, 0.25) is 0 Å². The summed E-state index contributed by atoms with van der Waals surface area (Å²) in [6.45, 7) is 10.2. The van der Waals surface area contributed by atoms with Crippen molar-refractivity contribution < 1.29 is 8.42 Å². The number of hydrogen-bond acceptors (Lipinski definition) is 5. The van der Waals surface area contributed by atoms with Gasteiger partial charge in [-0.05, 0) is 31.5 Å². The SMILES string of the molecule is Cc1ccc(NS(=O)(=O)c2cc(-c3nc(C(C)(C)C)cs3)cs2)c(C)c1. The highest BCUT2D eigenvalue weighted by molar-refractivity contribution is 7.94. The molecule has 0 amide bonds. The van der Waals surface area contributed by atoms with Crippen molar-refractivity contribution in [1.82, 2.24) is 4.98 Å². The summed E-state index contributed by atoms with van der Waals surface area (Å²) < 4.78 is 28.4. The van der Waals surface area contributed by atoms with E-state index >= 15 is 0 Å². The molecule has 0 unspecified atom stereocenters. The molecule has 3 rings (SSSR count). The molecule has 26 heavy (non-hydrogen) atoms. The Bertz CT molecular complexity index is 1040. The number of thiazole rings is 1. The second-order valence-electron chi connectivity index (χ2n) is 7.37. The molecule has 2 aromatic heterocycles. The predicted octanol–water partition coefficient (Wildman–Crippen LogP) is 5.59. The van der Waals surface area contributed by atoms with Gasteiger partial charge in [-0.3, -0.25) is 4.72 Å². The summed E-state index contributed by atoms with van der Waals surface area (Å²) in [6, 6.07) is 7.35. The Morgan fingerprint density at radius 2 is 1.77 bits per heavy atom. The van der Waals surface area contributed by atoms with Gasteiger partial charge in [-0.1, -0.05) is 38.5 Å². The van der Waals surface area contributed by atoms with Gasteiger partial charge in [0, 0.05) is 21.7 Å². The van der Waals surface area contributed by atoms with Gasteiger partial charge in [-0.15, -0.1) is 22.7 Å². The van der Waals surface area contributed by atoms with Crippen molar-refractivity contribution in [3.05, 3.63) is 51.8 Å². The van der Waals surface area contributed by atoms with Crippen molar-refractivity contribution in [1.29, 1.82) is 0 Å². The first-order chi connectivity index (χ1) is 12.1. The standard InChI is InChI=1S/C19H22N2O2S3/c1-12-6-7-15(13(2)8-12)21-26(22,23)17-9-14(10-24-17)18-20-16(11-25-18)19(3,4)5/h6-11,21H,1-5H3. The number of aromatic nitrogens is 1. The molecule has 4 nitrogen and oxygen atoms in total. The Morgan fingerprint density at radius 1 is 1.04 bits per heavy atom. The molecule has 0 bridgehead atoms. The summed E-state index contributed by atoms with van der Waals surface area (Å²) in [5, 5.41) is 4.73. The van der Waals surface area contributed by atoms with Crippen molar-refractivity contribution in [3.8, 4) is 10.6 Å². The monoisotopic (exact) mass is 406 g/mol. The van der Waals surface area contributed by atoms with Crippen molar-refractivity contribution in [3.63, 3.8) is 0 Å². The van der Waals surface area contributed by atoms with Crippen molar-refractivity contribution in [2.24, 2.45) is 0 Å². The number of rotatable bonds is 4. The quantitative estimate of drug-likeness (QED) is 0.615. The van der Waals surface area contributed by atoms with E-state index < -0.39 is 10.0 Å². The molecular formula is C19H22N2O2S3. The third kappa shape index (κ3) is 4.00. The highest BCUT2D eigenvalue weighted by Crippen LogP contribution is 2.34. The third-order valence-corrected chi connectivity index (χ3v) is 7.68. The van der Waals surface area contributed by atoms with Gasteiger partial charge in [0.05, 0.1) is 11.4 Å². The van der Waals surface area contributed by atoms with Crippen molar-refractivity contribution >= 4 is 38.4 Å². The molecular weight excluding hydrogens is 384 g/mol. The third-order valence-electron chi connectivity index (χ3n) is 3.99.